The lowest BCUT2D eigenvalue weighted by molar-refractivity contribution is -0.120. The molecule has 0 radical (unpaired) electrons. The van der Waals surface area contributed by atoms with Crippen LogP contribution in [-0.4, -0.2) is 23.7 Å². The van der Waals surface area contributed by atoms with Gasteiger partial charge in [0.1, 0.15) is 5.76 Å². The molecule has 0 saturated heterocycles. The van der Waals surface area contributed by atoms with Crippen LogP contribution in [-0.2, 0) is 9.53 Å². The van der Waals surface area contributed by atoms with Crippen molar-refractivity contribution in [3.63, 3.8) is 0 Å². The number of methoxy groups -OCH3 is 1. The van der Waals surface area contributed by atoms with Crippen molar-refractivity contribution in [3.8, 4) is 0 Å². The Hall–Kier alpha value is -1.32. The fourth-order valence-electron chi connectivity index (χ4n) is 0.806. The molecule has 13 heavy (non-hydrogen) atoms. The van der Waals surface area contributed by atoms with E-state index in [9.17, 15) is 9.18 Å². The Morgan fingerprint density at radius 1 is 1.62 bits per heavy atom. The van der Waals surface area contributed by atoms with E-state index >= 15 is 0 Å². The number of halogens is 1. The van der Waals surface area contributed by atoms with Crippen LogP contribution >= 0.6 is 0 Å². The lowest BCUT2D eigenvalue weighted by Gasteiger charge is -1.97. The van der Waals surface area contributed by atoms with Gasteiger partial charge in [-0.2, -0.15) is 0 Å². The van der Waals surface area contributed by atoms with Gasteiger partial charge in [0.05, 0.1) is 13.4 Å². The van der Waals surface area contributed by atoms with E-state index in [4.69, 9.17) is 5.11 Å². The maximum absolute atomic E-state index is 13.0. The zero-order valence-corrected chi connectivity index (χ0v) is 7.29. The summed E-state index contributed by atoms with van der Waals surface area (Å²) in [5.41, 5.74) is -1.71. The second-order valence-electron chi connectivity index (χ2n) is 2.94. The average molecular weight is 186 g/mol. The Labute approximate surface area is 75.5 Å². The maximum atomic E-state index is 13.0. The summed E-state index contributed by atoms with van der Waals surface area (Å²) < 4.78 is 17.5. The number of carbonyl (C=O) groups excluding carboxylic acids is 1. The first-order valence-corrected chi connectivity index (χ1v) is 3.92. The first kappa shape index (κ1) is 9.77. The number of hydrogen-bond acceptors (Lipinski definition) is 3. The van der Waals surface area contributed by atoms with Crippen LogP contribution in [0, 0.1) is 0 Å². The van der Waals surface area contributed by atoms with Crippen molar-refractivity contribution in [2.75, 3.05) is 7.11 Å². The number of ether oxygens (including phenoxy) is 1. The molecule has 3 nitrogen and oxygen atoms in total. The molecule has 0 unspecified atom stereocenters. The van der Waals surface area contributed by atoms with Crippen LogP contribution in [0.4, 0.5) is 4.39 Å². The molecule has 0 aromatic rings. The number of aliphatic hydroxyl groups is 1. The molecule has 0 heterocycles. The highest BCUT2D eigenvalue weighted by molar-refractivity contribution is 5.99. The monoisotopic (exact) mass is 186 g/mol. The van der Waals surface area contributed by atoms with E-state index < -0.39 is 11.5 Å². The number of rotatable bonds is 4. The van der Waals surface area contributed by atoms with E-state index in [1.54, 1.807) is 0 Å². The lowest BCUT2D eigenvalue weighted by atomic mass is 10.2. The summed E-state index contributed by atoms with van der Waals surface area (Å²) in [4.78, 5) is 11.0. The summed E-state index contributed by atoms with van der Waals surface area (Å²) in [6.07, 6.45) is 3.77. The molecule has 0 aromatic carbocycles. The summed E-state index contributed by atoms with van der Waals surface area (Å²) >= 11 is 0. The summed E-state index contributed by atoms with van der Waals surface area (Å²) in [6, 6.07) is 0. The molecule has 72 valence electrons. The van der Waals surface area contributed by atoms with E-state index in [1.807, 2.05) is 0 Å². The van der Waals surface area contributed by atoms with E-state index in [0.717, 1.165) is 6.08 Å². The third-order valence-electron chi connectivity index (χ3n) is 1.78. The molecule has 4 heteroatoms. The molecule has 0 aliphatic heterocycles. The van der Waals surface area contributed by atoms with Gasteiger partial charge in [0.15, 0.2) is 11.5 Å². The normalized spacial score (nSPS) is 20.3. The van der Waals surface area contributed by atoms with E-state index in [1.165, 1.54) is 19.4 Å². The fourth-order valence-corrected chi connectivity index (χ4v) is 0.806. The molecule has 0 aromatic heterocycles. The molecule has 1 fully saturated rings. The summed E-state index contributed by atoms with van der Waals surface area (Å²) in [7, 11) is 1.41. The molecular weight excluding hydrogens is 175 g/mol. The third-order valence-corrected chi connectivity index (χ3v) is 1.78. The summed E-state index contributed by atoms with van der Waals surface area (Å²) in [6.45, 7) is 0. The van der Waals surface area contributed by atoms with E-state index in [0.29, 0.717) is 0 Å². The van der Waals surface area contributed by atoms with Crippen molar-refractivity contribution in [3.05, 3.63) is 24.2 Å². The molecule has 1 aliphatic carbocycles. The first-order chi connectivity index (χ1) is 6.08. The van der Waals surface area contributed by atoms with Gasteiger partial charge in [0.25, 0.3) is 0 Å². The second kappa shape index (κ2) is 3.60. The fraction of sp³-hybridized carbons (Fsp3) is 0.444. The number of carbonyl (C=O) groups is 1. The van der Waals surface area contributed by atoms with Gasteiger partial charge in [-0.25, -0.2) is 4.39 Å². The van der Waals surface area contributed by atoms with Crippen LogP contribution in [0.5, 0.6) is 0 Å². The number of hydrogen-bond donors (Lipinski definition) is 1. The number of alkyl halides is 1. The molecule has 0 spiro atoms. The summed E-state index contributed by atoms with van der Waals surface area (Å²) in [5.74, 6) is -0.971. The molecule has 0 atom stereocenters. The zero-order chi connectivity index (χ0) is 9.90. The molecule has 0 amide bonds. The quantitative estimate of drug-likeness (QED) is 0.412. The molecule has 1 aliphatic rings. The molecule has 1 rings (SSSR count). The van der Waals surface area contributed by atoms with E-state index in [2.05, 4.69) is 4.74 Å². The zero-order valence-electron chi connectivity index (χ0n) is 7.29. The molecule has 1 saturated carbocycles. The van der Waals surface area contributed by atoms with Gasteiger partial charge >= 0.3 is 0 Å². The maximum Gasteiger partial charge on any atom is 0.196 e. The Morgan fingerprint density at radius 2 is 2.23 bits per heavy atom. The van der Waals surface area contributed by atoms with Gasteiger partial charge in [-0.3, -0.25) is 4.79 Å². The number of aliphatic hydroxyl groups excluding tert-OH is 1. The first-order valence-electron chi connectivity index (χ1n) is 3.92. The van der Waals surface area contributed by atoms with Crippen molar-refractivity contribution in [2.45, 2.75) is 18.5 Å². The highest BCUT2D eigenvalue weighted by Gasteiger charge is 2.49. The van der Waals surface area contributed by atoms with Crippen LogP contribution in [0.25, 0.3) is 0 Å². The van der Waals surface area contributed by atoms with Crippen molar-refractivity contribution >= 4 is 5.78 Å². The van der Waals surface area contributed by atoms with Crippen LogP contribution in [0.3, 0.4) is 0 Å². The topological polar surface area (TPSA) is 46.5 Å². The van der Waals surface area contributed by atoms with Gasteiger partial charge in [-0.05, 0) is 12.8 Å². The smallest absolute Gasteiger partial charge is 0.196 e. The van der Waals surface area contributed by atoms with Crippen LogP contribution < -0.4 is 0 Å². The minimum Gasteiger partial charge on any atom is -0.508 e. The lowest BCUT2D eigenvalue weighted by Crippen LogP contribution is -2.13. The van der Waals surface area contributed by atoms with Gasteiger partial charge in [-0.15, -0.1) is 0 Å². The largest absolute Gasteiger partial charge is 0.508 e. The SMILES string of the molecule is CO/C=C/C(O)=C/C(=O)C1(F)CC1. The van der Waals surface area contributed by atoms with E-state index in [-0.39, 0.29) is 18.6 Å². The van der Waals surface area contributed by atoms with Gasteiger partial charge in [-0.1, -0.05) is 0 Å². The summed E-state index contributed by atoms with van der Waals surface area (Å²) in [5, 5.41) is 9.05. The Kier molecular flexibility index (Phi) is 2.70. The van der Waals surface area contributed by atoms with Crippen molar-refractivity contribution in [2.24, 2.45) is 0 Å². The Balaban J connectivity index is 2.54. The average Bonchev–Trinajstić information content (AvgIpc) is 2.81. The minimum atomic E-state index is -1.71. The van der Waals surface area contributed by atoms with Crippen LogP contribution in [0.2, 0.25) is 0 Å². The van der Waals surface area contributed by atoms with Crippen molar-refractivity contribution < 1.29 is 19.0 Å². The minimum absolute atomic E-state index is 0.254. The number of allylic oxidation sites excluding steroid dienone is 2. The molecular formula is C9H11FO3. The third kappa shape index (κ3) is 2.57. The Bertz CT molecular complexity index is 264. The molecule has 1 N–H and O–H groups in total. The van der Waals surface area contributed by atoms with Crippen LogP contribution in [0.1, 0.15) is 12.8 Å². The van der Waals surface area contributed by atoms with Gasteiger partial charge < -0.3 is 9.84 Å². The van der Waals surface area contributed by atoms with Crippen molar-refractivity contribution in [1.82, 2.24) is 0 Å². The number of ketones is 1. The highest BCUT2D eigenvalue weighted by atomic mass is 19.1. The van der Waals surface area contributed by atoms with Gasteiger partial charge in [0, 0.05) is 12.2 Å². The second-order valence-corrected chi connectivity index (χ2v) is 2.94. The van der Waals surface area contributed by atoms with Crippen LogP contribution in [0.15, 0.2) is 24.2 Å². The predicted molar refractivity (Wildman–Crippen MR) is 44.9 cm³/mol. The molecule has 0 bridgehead atoms. The predicted octanol–water partition coefficient (Wildman–Crippen LogP) is 1.66. The highest BCUT2D eigenvalue weighted by Crippen LogP contribution is 2.40. The standard InChI is InChI=1S/C9H11FO3/c1-13-5-2-7(11)6-8(12)9(10)3-4-9/h2,5-6,11H,3-4H2,1H3/b5-2+,7-6-. The Morgan fingerprint density at radius 3 is 2.69 bits per heavy atom. The van der Waals surface area contributed by atoms with Crippen molar-refractivity contribution in [1.29, 1.82) is 0 Å². The van der Waals surface area contributed by atoms with Gasteiger partial charge in [0.2, 0.25) is 0 Å².